The molecule has 2 N–H and O–H groups in total. The van der Waals surface area contributed by atoms with E-state index in [0.717, 1.165) is 17.5 Å². The summed E-state index contributed by atoms with van der Waals surface area (Å²) in [6.45, 7) is 0.515. The number of hydrogen-bond donors (Lipinski definition) is 2. The molecule has 3 aromatic rings. The summed E-state index contributed by atoms with van der Waals surface area (Å²) in [5, 5.41) is 9.86. The molecule has 4 rings (SSSR count). The normalized spacial score (nSPS) is 17.3. The number of aromatic amines is 1. The average Bonchev–Trinajstić information content (AvgIpc) is 3.08. The molecule has 0 saturated carbocycles. The average molecular weight is 307 g/mol. The van der Waals surface area contributed by atoms with Gasteiger partial charge in [-0.05, 0) is 29.7 Å². The summed E-state index contributed by atoms with van der Waals surface area (Å²) in [4.78, 5) is 22.1. The van der Waals surface area contributed by atoms with E-state index in [1.165, 1.54) is 5.56 Å². The maximum absolute atomic E-state index is 13.1. The molecule has 1 aliphatic rings. The zero-order valence-electron chi connectivity index (χ0n) is 12.6. The number of hydrogen-bond acceptors (Lipinski definition) is 3. The van der Waals surface area contributed by atoms with Crippen molar-refractivity contribution < 1.29 is 9.90 Å². The number of rotatable bonds is 2. The number of nitrogens with one attached hydrogen (secondary N) is 1. The van der Waals surface area contributed by atoms with Crippen LogP contribution in [-0.2, 0) is 6.42 Å². The number of aliphatic hydroxyl groups excluding tert-OH is 1. The van der Waals surface area contributed by atoms with Gasteiger partial charge in [-0.25, -0.2) is 4.98 Å². The molecular weight excluding hydrogens is 290 g/mol. The van der Waals surface area contributed by atoms with E-state index < -0.39 is 0 Å². The zero-order chi connectivity index (χ0) is 15.8. The summed E-state index contributed by atoms with van der Waals surface area (Å²) < 4.78 is 0. The quantitative estimate of drug-likeness (QED) is 0.763. The first-order chi connectivity index (χ1) is 11.3. The van der Waals surface area contributed by atoms with E-state index in [2.05, 4.69) is 16.0 Å². The Morgan fingerprint density at radius 2 is 2.13 bits per heavy atom. The smallest absolute Gasteiger partial charge is 0.256 e. The molecule has 0 radical (unpaired) electrons. The van der Waals surface area contributed by atoms with Gasteiger partial charge in [0, 0.05) is 6.54 Å². The molecule has 0 bridgehead atoms. The van der Waals surface area contributed by atoms with Crippen molar-refractivity contribution in [1.29, 1.82) is 0 Å². The third-order valence-electron chi connectivity index (χ3n) is 4.53. The Labute approximate surface area is 133 Å². The first-order valence-electron chi connectivity index (χ1n) is 7.71. The van der Waals surface area contributed by atoms with Crippen molar-refractivity contribution in [3.05, 3.63) is 65.5 Å². The van der Waals surface area contributed by atoms with Crippen molar-refractivity contribution in [3.63, 3.8) is 0 Å². The number of imidazole rings is 1. The lowest BCUT2D eigenvalue weighted by Crippen LogP contribution is -2.41. The molecule has 1 aromatic heterocycles. The van der Waals surface area contributed by atoms with Gasteiger partial charge in [-0.2, -0.15) is 0 Å². The maximum Gasteiger partial charge on any atom is 0.256 e. The van der Waals surface area contributed by atoms with Crippen LogP contribution >= 0.6 is 0 Å². The first-order valence-corrected chi connectivity index (χ1v) is 7.71. The first kappa shape index (κ1) is 14.0. The lowest BCUT2D eigenvalue weighted by molar-refractivity contribution is 0.0570. The van der Waals surface area contributed by atoms with Gasteiger partial charge in [0.05, 0.1) is 30.1 Å². The van der Waals surface area contributed by atoms with Crippen LogP contribution < -0.4 is 0 Å². The fraction of sp³-hybridized carbons (Fsp3) is 0.222. The molecule has 0 unspecified atom stereocenters. The molecule has 0 spiro atoms. The topological polar surface area (TPSA) is 69.2 Å². The van der Waals surface area contributed by atoms with Gasteiger partial charge in [-0.3, -0.25) is 4.79 Å². The highest BCUT2D eigenvalue weighted by Gasteiger charge is 2.31. The highest BCUT2D eigenvalue weighted by atomic mass is 16.3. The predicted molar refractivity (Wildman–Crippen MR) is 87.1 cm³/mol. The number of carbonyl (C=O) groups is 1. The van der Waals surface area contributed by atoms with Crippen LogP contribution in [0.4, 0.5) is 0 Å². The molecule has 2 heterocycles. The minimum absolute atomic E-state index is 0.0840. The van der Waals surface area contributed by atoms with E-state index in [4.69, 9.17) is 0 Å². The summed E-state index contributed by atoms with van der Waals surface area (Å²) in [6, 6.07) is 13.2. The van der Waals surface area contributed by atoms with E-state index in [0.29, 0.717) is 17.6 Å². The molecule has 1 atom stereocenters. The van der Waals surface area contributed by atoms with E-state index in [-0.39, 0.29) is 18.6 Å². The van der Waals surface area contributed by atoms with Crippen molar-refractivity contribution in [2.75, 3.05) is 13.2 Å². The summed E-state index contributed by atoms with van der Waals surface area (Å²) in [5.41, 5.74) is 4.32. The van der Waals surface area contributed by atoms with E-state index in [9.17, 15) is 9.90 Å². The lowest BCUT2D eigenvalue weighted by atomic mass is 9.92. The summed E-state index contributed by atoms with van der Waals surface area (Å²) >= 11 is 0. The van der Waals surface area contributed by atoms with Crippen LogP contribution in [-0.4, -0.2) is 39.0 Å². The third kappa shape index (κ3) is 2.21. The number of aromatic nitrogens is 2. The summed E-state index contributed by atoms with van der Waals surface area (Å²) in [6.07, 6.45) is 2.39. The van der Waals surface area contributed by atoms with Gasteiger partial charge in [0.25, 0.3) is 5.91 Å². The molecular formula is C18H17N3O2. The summed E-state index contributed by atoms with van der Waals surface area (Å²) in [5.74, 6) is -0.0868. The van der Waals surface area contributed by atoms with Crippen LogP contribution in [0.15, 0.2) is 48.8 Å². The number of carbonyl (C=O) groups excluding carboxylic acids is 1. The Bertz CT molecular complexity index is 871. The SMILES string of the molecule is O=C(c1cccc2[nH]cnc12)N1CCc2ccccc2[C@@H]1CO. The van der Waals surface area contributed by atoms with Gasteiger partial charge in [0.15, 0.2) is 0 Å². The molecule has 5 heteroatoms. The van der Waals surface area contributed by atoms with Crippen molar-refractivity contribution in [2.24, 2.45) is 0 Å². The van der Waals surface area contributed by atoms with Crippen molar-refractivity contribution in [1.82, 2.24) is 14.9 Å². The number of amides is 1. The second-order valence-corrected chi connectivity index (χ2v) is 5.75. The molecule has 5 nitrogen and oxygen atoms in total. The van der Waals surface area contributed by atoms with Crippen LogP contribution in [0.3, 0.4) is 0 Å². The highest BCUT2D eigenvalue weighted by molar-refractivity contribution is 6.05. The largest absolute Gasteiger partial charge is 0.394 e. The Morgan fingerprint density at radius 3 is 3.00 bits per heavy atom. The van der Waals surface area contributed by atoms with Gasteiger partial charge < -0.3 is 15.0 Å². The van der Waals surface area contributed by atoms with Crippen LogP contribution in [0, 0.1) is 0 Å². The minimum atomic E-state index is -0.304. The van der Waals surface area contributed by atoms with Crippen molar-refractivity contribution in [2.45, 2.75) is 12.5 Å². The highest BCUT2D eigenvalue weighted by Crippen LogP contribution is 2.31. The minimum Gasteiger partial charge on any atom is -0.394 e. The second kappa shape index (κ2) is 5.52. The fourth-order valence-electron chi connectivity index (χ4n) is 3.38. The number of benzene rings is 2. The molecule has 0 saturated heterocycles. The molecule has 1 aliphatic heterocycles. The zero-order valence-corrected chi connectivity index (χ0v) is 12.6. The number of para-hydroxylation sites is 1. The number of H-pyrrole nitrogens is 1. The maximum atomic E-state index is 13.1. The Morgan fingerprint density at radius 1 is 1.26 bits per heavy atom. The van der Waals surface area contributed by atoms with Crippen LogP contribution in [0.2, 0.25) is 0 Å². The Balaban J connectivity index is 1.75. The second-order valence-electron chi connectivity index (χ2n) is 5.75. The van der Waals surface area contributed by atoms with Crippen LogP contribution in [0.25, 0.3) is 11.0 Å². The Kier molecular flexibility index (Phi) is 3.35. The predicted octanol–water partition coefficient (Wildman–Crippen LogP) is 2.29. The number of aliphatic hydroxyl groups is 1. The van der Waals surface area contributed by atoms with Crippen molar-refractivity contribution in [3.8, 4) is 0 Å². The van der Waals surface area contributed by atoms with Crippen LogP contribution in [0.5, 0.6) is 0 Å². The molecule has 116 valence electrons. The van der Waals surface area contributed by atoms with Gasteiger partial charge >= 0.3 is 0 Å². The standard InChI is InChI=1S/C18H17N3O2/c22-10-16-13-5-2-1-4-12(13)8-9-21(16)18(23)14-6-3-7-15-17(14)20-11-19-15/h1-7,11,16,22H,8-10H2,(H,19,20)/t16-/m0/s1. The summed E-state index contributed by atoms with van der Waals surface area (Å²) in [7, 11) is 0. The van der Waals surface area contributed by atoms with Gasteiger partial charge in [0.2, 0.25) is 0 Å². The van der Waals surface area contributed by atoms with Gasteiger partial charge in [-0.15, -0.1) is 0 Å². The van der Waals surface area contributed by atoms with E-state index in [1.807, 2.05) is 30.3 Å². The lowest BCUT2D eigenvalue weighted by Gasteiger charge is -2.36. The molecule has 1 amide bonds. The fourth-order valence-corrected chi connectivity index (χ4v) is 3.38. The van der Waals surface area contributed by atoms with Crippen LogP contribution in [0.1, 0.15) is 27.5 Å². The monoisotopic (exact) mass is 307 g/mol. The molecule has 2 aromatic carbocycles. The van der Waals surface area contributed by atoms with Gasteiger partial charge in [-0.1, -0.05) is 30.3 Å². The van der Waals surface area contributed by atoms with Crippen molar-refractivity contribution >= 4 is 16.9 Å². The number of nitrogens with zero attached hydrogens (tertiary/aromatic N) is 2. The molecule has 0 aliphatic carbocycles. The Hall–Kier alpha value is -2.66. The number of fused-ring (bicyclic) bond motifs is 2. The molecule has 0 fully saturated rings. The van der Waals surface area contributed by atoms with E-state index >= 15 is 0 Å². The third-order valence-corrected chi connectivity index (χ3v) is 4.53. The van der Waals surface area contributed by atoms with E-state index in [1.54, 1.807) is 17.3 Å². The molecule has 23 heavy (non-hydrogen) atoms. The van der Waals surface area contributed by atoms with Gasteiger partial charge in [0.1, 0.15) is 5.52 Å².